The van der Waals surface area contributed by atoms with Gasteiger partial charge in [-0.15, -0.1) is 0 Å². The van der Waals surface area contributed by atoms with Crippen molar-refractivity contribution in [3.8, 4) is 0 Å². The summed E-state index contributed by atoms with van der Waals surface area (Å²) < 4.78 is 0. The smallest absolute Gasteiger partial charge is 0.0671 e. The van der Waals surface area contributed by atoms with Crippen molar-refractivity contribution in [3.63, 3.8) is 0 Å². The molecule has 0 aromatic heterocycles. The van der Waals surface area contributed by atoms with E-state index in [1.54, 1.807) is 5.57 Å². The van der Waals surface area contributed by atoms with E-state index in [0.717, 1.165) is 5.92 Å². The predicted octanol–water partition coefficient (Wildman–Crippen LogP) is 3.70. The number of nitrogens with zero attached hydrogens (tertiary/aromatic N) is 2. The minimum Gasteiger partial charge on any atom is -0.291 e. The molecule has 2 saturated heterocycles. The van der Waals surface area contributed by atoms with Gasteiger partial charge in [0.1, 0.15) is 0 Å². The summed E-state index contributed by atoms with van der Waals surface area (Å²) in [5.41, 5.74) is 6.15. The third-order valence-corrected chi connectivity index (χ3v) is 6.72. The van der Waals surface area contributed by atoms with E-state index in [1.165, 1.54) is 42.9 Å². The summed E-state index contributed by atoms with van der Waals surface area (Å²) in [7, 11) is 0. The second-order valence-electron chi connectivity index (χ2n) is 7.22. The Kier molecular flexibility index (Phi) is 2.24. The fourth-order valence-electron chi connectivity index (χ4n) is 5.67. The lowest BCUT2D eigenvalue weighted by Crippen LogP contribution is -2.66. The molecule has 1 saturated carbocycles. The zero-order valence-corrected chi connectivity index (χ0v) is 12.8. The van der Waals surface area contributed by atoms with Crippen molar-refractivity contribution in [2.45, 2.75) is 38.1 Å². The van der Waals surface area contributed by atoms with Crippen LogP contribution in [0.1, 0.15) is 32.3 Å². The first-order valence-electron chi connectivity index (χ1n) is 8.33. The molecule has 2 nitrogen and oxygen atoms in total. The van der Waals surface area contributed by atoms with Gasteiger partial charge in [0.2, 0.25) is 0 Å². The zero-order valence-electron chi connectivity index (χ0n) is 12.8. The van der Waals surface area contributed by atoms with Crippen LogP contribution in [0.4, 0.5) is 5.69 Å². The highest BCUT2D eigenvalue weighted by Crippen LogP contribution is 2.59. The van der Waals surface area contributed by atoms with Crippen molar-refractivity contribution in [2.75, 3.05) is 13.1 Å². The van der Waals surface area contributed by atoms with Gasteiger partial charge in [0.25, 0.3) is 0 Å². The average molecular weight is 278 g/mol. The van der Waals surface area contributed by atoms with Crippen LogP contribution in [0.2, 0.25) is 0 Å². The molecule has 0 spiro atoms. The van der Waals surface area contributed by atoms with Gasteiger partial charge in [-0.05, 0) is 43.2 Å². The van der Waals surface area contributed by atoms with Gasteiger partial charge in [-0.3, -0.25) is 9.89 Å². The molecule has 3 fully saturated rings. The van der Waals surface area contributed by atoms with Crippen LogP contribution in [-0.4, -0.2) is 29.7 Å². The third-order valence-electron chi connectivity index (χ3n) is 6.72. The molecule has 2 heteroatoms. The Bertz CT molecular complexity index is 687. The minimum atomic E-state index is 0.232. The third kappa shape index (κ3) is 1.27. The molecule has 21 heavy (non-hydrogen) atoms. The van der Waals surface area contributed by atoms with Gasteiger partial charge in [-0.1, -0.05) is 36.8 Å². The molecule has 3 bridgehead atoms. The molecule has 3 heterocycles. The summed E-state index contributed by atoms with van der Waals surface area (Å²) in [5, 5.41) is 0. The lowest BCUT2D eigenvalue weighted by molar-refractivity contribution is 0.0669. The summed E-state index contributed by atoms with van der Waals surface area (Å²) in [6.07, 6.45) is 4.93. The van der Waals surface area contributed by atoms with E-state index in [2.05, 4.69) is 49.1 Å². The van der Waals surface area contributed by atoms with Crippen LogP contribution in [-0.2, 0) is 5.41 Å². The maximum atomic E-state index is 5.12. The molecule has 0 N–H and O–H groups in total. The number of fused-ring (bicyclic) bond motifs is 2. The topological polar surface area (TPSA) is 15.6 Å². The van der Waals surface area contributed by atoms with Crippen molar-refractivity contribution in [1.82, 2.24) is 4.90 Å². The number of hydrogen-bond donors (Lipinski definition) is 0. The van der Waals surface area contributed by atoms with Gasteiger partial charge in [-0.2, -0.15) is 0 Å². The molecule has 0 amide bonds. The quantitative estimate of drug-likeness (QED) is 0.661. The number of benzene rings is 1. The number of rotatable bonds is 0. The van der Waals surface area contributed by atoms with E-state index in [-0.39, 0.29) is 5.41 Å². The van der Waals surface area contributed by atoms with Crippen molar-refractivity contribution in [2.24, 2.45) is 16.8 Å². The number of hydrogen-bond acceptors (Lipinski definition) is 2. The summed E-state index contributed by atoms with van der Waals surface area (Å²) in [5.74, 6) is 1.44. The Balaban J connectivity index is 1.77. The fraction of sp³-hybridized carbons (Fsp3) is 0.526. The monoisotopic (exact) mass is 278 g/mol. The van der Waals surface area contributed by atoms with Crippen LogP contribution in [0, 0.1) is 11.8 Å². The second-order valence-corrected chi connectivity index (χ2v) is 7.22. The van der Waals surface area contributed by atoms with E-state index in [0.29, 0.717) is 12.0 Å². The van der Waals surface area contributed by atoms with Gasteiger partial charge in [0.15, 0.2) is 0 Å². The Morgan fingerprint density at radius 1 is 1.33 bits per heavy atom. The first kappa shape index (κ1) is 12.2. The summed E-state index contributed by atoms with van der Waals surface area (Å²) in [6, 6.07) is 9.49. The van der Waals surface area contributed by atoms with Crippen LogP contribution in [0.5, 0.6) is 0 Å². The average Bonchev–Trinajstić information content (AvgIpc) is 2.88. The highest BCUT2D eigenvalue weighted by atomic mass is 15.2. The maximum absolute atomic E-state index is 5.12. The normalized spacial score (nSPS) is 41.9. The Labute approximate surface area is 126 Å². The van der Waals surface area contributed by atoms with E-state index < -0.39 is 0 Å². The van der Waals surface area contributed by atoms with Crippen molar-refractivity contribution < 1.29 is 0 Å². The molecule has 0 radical (unpaired) electrons. The standard InChI is InChI=1S/C19H22N2/c1-3-13-11-21-9-8-19-12(2)14(13)10-17(21)18(19)20-16-7-5-4-6-15(16)19/h3-7,12,14,17H,8-11H2,1-2H3/b13-3-/t12?,14-,17-,19+/m0/s1. The van der Waals surface area contributed by atoms with Gasteiger partial charge >= 0.3 is 0 Å². The zero-order chi connectivity index (χ0) is 14.2. The first-order chi connectivity index (χ1) is 10.3. The van der Waals surface area contributed by atoms with Crippen LogP contribution in [0.25, 0.3) is 0 Å². The SMILES string of the molecule is C/C=C1/CN2CC[C@]34C(=Nc5ccccc53)[C@@H]2C[C@H]1C4C. The highest BCUT2D eigenvalue weighted by Gasteiger charge is 2.61. The van der Waals surface area contributed by atoms with Gasteiger partial charge in [-0.25, -0.2) is 0 Å². The Hall–Kier alpha value is -1.41. The molecule has 5 rings (SSSR count). The molecule has 1 aliphatic carbocycles. The second kappa shape index (κ2) is 3.86. The number of aliphatic imine (C=N–C) groups is 1. The molecule has 1 aromatic rings. The largest absolute Gasteiger partial charge is 0.291 e. The Morgan fingerprint density at radius 2 is 2.19 bits per heavy atom. The van der Waals surface area contributed by atoms with Crippen molar-refractivity contribution in [1.29, 1.82) is 0 Å². The summed E-state index contributed by atoms with van der Waals surface area (Å²) in [6.45, 7) is 7.11. The van der Waals surface area contributed by atoms with Crippen molar-refractivity contribution in [3.05, 3.63) is 41.5 Å². The van der Waals surface area contributed by atoms with Crippen LogP contribution >= 0.6 is 0 Å². The molecule has 4 aliphatic rings. The lowest BCUT2D eigenvalue weighted by Gasteiger charge is -2.59. The van der Waals surface area contributed by atoms with E-state index in [1.807, 2.05) is 0 Å². The first-order valence-corrected chi connectivity index (χ1v) is 8.33. The molecular weight excluding hydrogens is 256 g/mol. The van der Waals surface area contributed by atoms with Gasteiger partial charge in [0, 0.05) is 30.3 Å². The van der Waals surface area contributed by atoms with Gasteiger partial charge in [0.05, 0.1) is 5.69 Å². The van der Waals surface area contributed by atoms with Crippen LogP contribution in [0.3, 0.4) is 0 Å². The predicted molar refractivity (Wildman–Crippen MR) is 86.2 cm³/mol. The highest BCUT2D eigenvalue weighted by molar-refractivity contribution is 6.07. The number of piperidine rings is 2. The number of para-hydroxylation sites is 1. The summed E-state index contributed by atoms with van der Waals surface area (Å²) >= 11 is 0. The Morgan fingerprint density at radius 3 is 3.05 bits per heavy atom. The van der Waals surface area contributed by atoms with Crippen molar-refractivity contribution >= 4 is 11.4 Å². The molecular formula is C19H22N2. The van der Waals surface area contributed by atoms with E-state index >= 15 is 0 Å². The summed E-state index contributed by atoms with van der Waals surface area (Å²) in [4.78, 5) is 7.81. The maximum Gasteiger partial charge on any atom is 0.0671 e. The lowest BCUT2D eigenvalue weighted by atomic mass is 9.51. The molecule has 1 aromatic carbocycles. The molecule has 3 aliphatic heterocycles. The minimum absolute atomic E-state index is 0.232. The van der Waals surface area contributed by atoms with E-state index in [4.69, 9.17) is 4.99 Å². The number of allylic oxidation sites excluding steroid dienone is 1. The van der Waals surface area contributed by atoms with Crippen LogP contribution < -0.4 is 0 Å². The van der Waals surface area contributed by atoms with Gasteiger partial charge < -0.3 is 0 Å². The molecule has 4 atom stereocenters. The fourth-order valence-corrected chi connectivity index (χ4v) is 5.67. The molecule has 108 valence electrons. The molecule has 1 unspecified atom stereocenters. The van der Waals surface area contributed by atoms with E-state index in [9.17, 15) is 0 Å². The van der Waals surface area contributed by atoms with Crippen LogP contribution in [0.15, 0.2) is 40.9 Å².